The second kappa shape index (κ2) is 5.95. The Balaban J connectivity index is 1.58. The molecule has 0 amide bonds. The molecule has 1 atom stereocenters. The van der Waals surface area contributed by atoms with Crippen LogP contribution in [0.4, 0.5) is 0 Å². The predicted molar refractivity (Wildman–Crippen MR) is 105 cm³/mol. The predicted octanol–water partition coefficient (Wildman–Crippen LogP) is 3.59. The second-order valence-electron chi connectivity index (χ2n) is 6.64. The highest BCUT2D eigenvalue weighted by Crippen LogP contribution is 2.31. The highest BCUT2D eigenvalue weighted by molar-refractivity contribution is 7.19. The molecule has 0 radical (unpaired) electrons. The van der Waals surface area contributed by atoms with Crippen LogP contribution in [0.3, 0.4) is 0 Å². The monoisotopic (exact) mass is 375 g/mol. The van der Waals surface area contributed by atoms with Crippen LogP contribution in [-0.4, -0.2) is 34.6 Å². The van der Waals surface area contributed by atoms with E-state index in [1.807, 2.05) is 43.0 Å². The van der Waals surface area contributed by atoms with E-state index in [0.717, 1.165) is 43.5 Å². The fraction of sp³-hybridized carbons (Fsp3) is 0.211. The van der Waals surface area contributed by atoms with E-state index in [1.165, 1.54) is 11.3 Å². The summed E-state index contributed by atoms with van der Waals surface area (Å²) in [5.41, 5.74) is 4.14. The van der Waals surface area contributed by atoms with Crippen LogP contribution in [0.1, 0.15) is 29.9 Å². The van der Waals surface area contributed by atoms with Gasteiger partial charge in [-0.05, 0) is 30.7 Å². The van der Waals surface area contributed by atoms with E-state index in [1.54, 1.807) is 4.68 Å². The SMILES string of the molecule is Cc1nn(C)cc1-c1nn2c(C(C)c3ccc4ncccc4c3)nnc2s1. The molecule has 5 rings (SSSR count). The van der Waals surface area contributed by atoms with Crippen LogP contribution in [0.25, 0.3) is 26.4 Å². The standard InChI is InChI=1S/C19H17N7S/c1-11(13-6-7-16-14(9-13)5-4-8-20-16)17-21-22-19-26(17)24-18(27-19)15-10-25(3)23-12(15)2/h4-11H,1-3H3. The molecule has 0 aliphatic heterocycles. The molecular weight excluding hydrogens is 358 g/mol. The summed E-state index contributed by atoms with van der Waals surface area (Å²) in [5.74, 6) is 0.895. The molecule has 0 aliphatic carbocycles. The molecule has 7 nitrogen and oxygen atoms in total. The van der Waals surface area contributed by atoms with E-state index in [0.29, 0.717) is 0 Å². The van der Waals surface area contributed by atoms with Gasteiger partial charge in [0.05, 0.1) is 16.8 Å². The highest BCUT2D eigenvalue weighted by Gasteiger charge is 2.20. The fourth-order valence-electron chi connectivity index (χ4n) is 3.33. The topological polar surface area (TPSA) is 73.8 Å². The molecule has 0 aliphatic rings. The summed E-state index contributed by atoms with van der Waals surface area (Å²) in [6.07, 6.45) is 3.80. The molecule has 5 aromatic rings. The molecule has 4 heterocycles. The normalized spacial score (nSPS) is 12.9. The first-order chi connectivity index (χ1) is 13.1. The number of hydrogen-bond acceptors (Lipinski definition) is 6. The molecule has 8 heteroatoms. The number of rotatable bonds is 3. The third-order valence-electron chi connectivity index (χ3n) is 4.77. The van der Waals surface area contributed by atoms with Gasteiger partial charge in [-0.1, -0.05) is 30.4 Å². The minimum atomic E-state index is 0.0644. The van der Waals surface area contributed by atoms with Gasteiger partial charge in [0.1, 0.15) is 0 Å². The first-order valence-corrected chi connectivity index (χ1v) is 9.49. The number of hydrogen-bond donors (Lipinski definition) is 0. The Hall–Kier alpha value is -3.13. The zero-order valence-electron chi connectivity index (χ0n) is 15.2. The lowest BCUT2D eigenvalue weighted by atomic mass is 9.99. The number of aromatic nitrogens is 7. The van der Waals surface area contributed by atoms with Crippen molar-refractivity contribution in [2.24, 2.45) is 7.05 Å². The van der Waals surface area contributed by atoms with Crippen LogP contribution in [0.2, 0.25) is 0 Å². The molecule has 0 spiro atoms. The molecule has 27 heavy (non-hydrogen) atoms. The van der Waals surface area contributed by atoms with Crippen molar-refractivity contribution >= 4 is 27.2 Å². The van der Waals surface area contributed by atoms with Crippen molar-refractivity contribution in [1.82, 2.24) is 34.6 Å². The zero-order chi connectivity index (χ0) is 18.5. The molecule has 4 aromatic heterocycles. The van der Waals surface area contributed by atoms with Crippen molar-refractivity contribution in [2.75, 3.05) is 0 Å². The molecule has 0 saturated carbocycles. The van der Waals surface area contributed by atoms with Crippen molar-refractivity contribution in [3.05, 3.63) is 59.8 Å². The summed E-state index contributed by atoms with van der Waals surface area (Å²) in [5, 5.41) is 19.9. The summed E-state index contributed by atoms with van der Waals surface area (Å²) in [6.45, 7) is 4.12. The van der Waals surface area contributed by atoms with E-state index in [4.69, 9.17) is 5.10 Å². The van der Waals surface area contributed by atoms with Gasteiger partial charge < -0.3 is 0 Å². The van der Waals surface area contributed by atoms with Crippen LogP contribution in [-0.2, 0) is 7.05 Å². The maximum Gasteiger partial charge on any atom is 0.235 e. The van der Waals surface area contributed by atoms with Crippen molar-refractivity contribution in [1.29, 1.82) is 0 Å². The Morgan fingerprint density at radius 1 is 1.11 bits per heavy atom. The van der Waals surface area contributed by atoms with Gasteiger partial charge in [0.25, 0.3) is 0 Å². The Bertz CT molecular complexity index is 1280. The molecule has 0 fully saturated rings. The van der Waals surface area contributed by atoms with Crippen LogP contribution >= 0.6 is 11.3 Å². The Morgan fingerprint density at radius 2 is 2.00 bits per heavy atom. The number of fused-ring (bicyclic) bond motifs is 2. The quantitative estimate of drug-likeness (QED) is 0.482. The first-order valence-electron chi connectivity index (χ1n) is 8.67. The van der Waals surface area contributed by atoms with Crippen molar-refractivity contribution in [2.45, 2.75) is 19.8 Å². The molecule has 0 bridgehead atoms. The van der Waals surface area contributed by atoms with Gasteiger partial charge in [0, 0.05) is 30.7 Å². The summed E-state index contributed by atoms with van der Waals surface area (Å²) in [6, 6.07) is 10.3. The third-order valence-corrected chi connectivity index (χ3v) is 5.71. The van der Waals surface area contributed by atoms with Gasteiger partial charge in [0.15, 0.2) is 10.8 Å². The lowest BCUT2D eigenvalue weighted by Crippen LogP contribution is -2.03. The van der Waals surface area contributed by atoms with Crippen molar-refractivity contribution < 1.29 is 0 Å². The summed E-state index contributed by atoms with van der Waals surface area (Å²) in [4.78, 5) is 5.18. The van der Waals surface area contributed by atoms with E-state index in [-0.39, 0.29) is 5.92 Å². The van der Waals surface area contributed by atoms with E-state index >= 15 is 0 Å². The zero-order valence-corrected chi connectivity index (χ0v) is 16.0. The average Bonchev–Trinajstić information content (AvgIpc) is 3.34. The van der Waals surface area contributed by atoms with Crippen LogP contribution in [0, 0.1) is 6.92 Å². The second-order valence-corrected chi connectivity index (χ2v) is 7.59. The average molecular weight is 375 g/mol. The molecular formula is C19H17N7S. The third kappa shape index (κ3) is 2.60. The van der Waals surface area contributed by atoms with Gasteiger partial charge in [0.2, 0.25) is 4.96 Å². The van der Waals surface area contributed by atoms with Crippen molar-refractivity contribution in [3.63, 3.8) is 0 Å². The summed E-state index contributed by atoms with van der Waals surface area (Å²) in [7, 11) is 1.92. The molecule has 1 unspecified atom stereocenters. The summed E-state index contributed by atoms with van der Waals surface area (Å²) < 4.78 is 3.66. The number of benzene rings is 1. The van der Waals surface area contributed by atoms with Gasteiger partial charge in [-0.15, -0.1) is 10.2 Å². The Labute approximate surface area is 159 Å². The highest BCUT2D eigenvalue weighted by atomic mass is 32.1. The maximum atomic E-state index is 4.77. The molecule has 0 saturated heterocycles. The van der Waals surface area contributed by atoms with Gasteiger partial charge >= 0.3 is 0 Å². The number of aryl methyl sites for hydroxylation is 2. The Kier molecular flexibility index (Phi) is 3.54. The Morgan fingerprint density at radius 3 is 2.81 bits per heavy atom. The number of pyridine rings is 1. The van der Waals surface area contributed by atoms with Crippen LogP contribution in [0.5, 0.6) is 0 Å². The van der Waals surface area contributed by atoms with Crippen LogP contribution < -0.4 is 0 Å². The maximum absolute atomic E-state index is 4.77. The summed E-state index contributed by atoms with van der Waals surface area (Å²) >= 11 is 1.53. The first kappa shape index (κ1) is 16.1. The smallest absolute Gasteiger partial charge is 0.235 e. The van der Waals surface area contributed by atoms with E-state index in [9.17, 15) is 0 Å². The fourth-order valence-corrected chi connectivity index (χ4v) is 4.24. The number of nitrogens with zero attached hydrogens (tertiary/aromatic N) is 7. The molecule has 1 aromatic carbocycles. The molecule has 0 N–H and O–H groups in total. The molecule has 134 valence electrons. The minimum absolute atomic E-state index is 0.0644. The van der Waals surface area contributed by atoms with Crippen LogP contribution in [0.15, 0.2) is 42.7 Å². The van der Waals surface area contributed by atoms with E-state index < -0.39 is 0 Å². The lowest BCUT2D eigenvalue weighted by Gasteiger charge is -2.10. The lowest BCUT2D eigenvalue weighted by molar-refractivity contribution is 0.756. The van der Waals surface area contributed by atoms with Gasteiger partial charge in [-0.25, -0.2) is 0 Å². The van der Waals surface area contributed by atoms with Gasteiger partial charge in [-0.3, -0.25) is 9.67 Å². The minimum Gasteiger partial charge on any atom is -0.275 e. The van der Waals surface area contributed by atoms with E-state index in [2.05, 4.69) is 45.4 Å². The van der Waals surface area contributed by atoms with Crippen molar-refractivity contribution in [3.8, 4) is 10.6 Å². The largest absolute Gasteiger partial charge is 0.275 e. The van der Waals surface area contributed by atoms with Gasteiger partial charge in [-0.2, -0.15) is 14.7 Å².